The van der Waals surface area contributed by atoms with Gasteiger partial charge in [0.2, 0.25) is 0 Å². The highest BCUT2D eigenvalue weighted by Gasteiger charge is 2.15. The third-order valence-corrected chi connectivity index (χ3v) is 3.13. The molecule has 0 bridgehead atoms. The van der Waals surface area contributed by atoms with E-state index in [0.717, 1.165) is 5.01 Å². The van der Waals surface area contributed by atoms with Gasteiger partial charge in [0, 0.05) is 17.3 Å². The summed E-state index contributed by atoms with van der Waals surface area (Å²) >= 11 is 7.31. The minimum Gasteiger partial charge on any atom is -0.455 e. The molecule has 1 heterocycles. The predicted molar refractivity (Wildman–Crippen MR) is 67.1 cm³/mol. The van der Waals surface area contributed by atoms with Crippen LogP contribution < -0.4 is 5.73 Å². The van der Waals surface area contributed by atoms with Crippen LogP contribution in [-0.2, 0) is 11.3 Å². The number of ether oxygens (including phenoxy) is 1. The van der Waals surface area contributed by atoms with Crippen LogP contribution in [-0.4, -0.2) is 11.0 Å². The topological polar surface area (TPSA) is 65.2 Å². The first kappa shape index (κ1) is 11.9. The van der Waals surface area contributed by atoms with Crippen LogP contribution in [0.2, 0.25) is 5.02 Å². The Bertz CT molecular complexity index is 508. The molecular formula is C11H9ClN2O2S. The van der Waals surface area contributed by atoms with E-state index in [2.05, 4.69) is 4.98 Å². The molecule has 0 aliphatic heterocycles. The van der Waals surface area contributed by atoms with Crippen molar-refractivity contribution in [2.24, 2.45) is 0 Å². The number of rotatable bonds is 3. The van der Waals surface area contributed by atoms with Crippen LogP contribution in [0.3, 0.4) is 0 Å². The number of esters is 1. The maximum atomic E-state index is 11.8. The fraction of sp³-hybridized carbons (Fsp3) is 0.0909. The van der Waals surface area contributed by atoms with Gasteiger partial charge < -0.3 is 10.5 Å². The number of aromatic nitrogens is 1. The SMILES string of the molecule is Nc1cccc(Cl)c1C(=O)OCc1nccs1. The maximum Gasteiger partial charge on any atom is 0.342 e. The summed E-state index contributed by atoms with van der Waals surface area (Å²) in [4.78, 5) is 15.8. The number of carbonyl (C=O) groups is 1. The van der Waals surface area contributed by atoms with Crippen LogP contribution in [0.5, 0.6) is 0 Å². The number of thiazole rings is 1. The van der Waals surface area contributed by atoms with E-state index in [0.29, 0.717) is 5.69 Å². The number of anilines is 1. The van der Waals surface area contributed by atoms with E-state index >= 15 is 0 Å². The molecule has 2 rings (SSSR count). The number of benzene rings is 1. The number of halogens is 1. The molecule has 0 atom stereocenters. The fourth-order valence-electron chi connectivity index (χ4n) is 1.28. The minimum atomic E-state index is -0.539. The van der Waals surface area contributed by atoms with Crippen molar-refractivity contribution in [1.29, 1.82) is 0 Å². The molecule has 4 nitrogen and oxygen atoms in total. The van der Waals surface area contributed by atoms with Crippen molar-refractivity contribution in [3.05, 3.63) is 45.4 Å². The summed E-state index contributed by atoms with van der Waals surface area (Å²) in [5, 5.41) is 2.82. The zero-order valence-electron chi connectivity index (χ0n) is 8.72. The van der Waals surface area contributed by atoms with Gasteiger partial charge in [-0.3, -0.25) is 0 Å². The summed E-state index contributed by atoms with van der Waals surface area (Å²) < 4.78 is 5.08. The Labute approximate surface area is 107 Å². The average Bonchev–Trinajstić information content (AvgIpc) is 2.79. The zero-order chi connectivity index (χ0) is 12.3. The van der Waals surface area contributed by atoms with Gasteiger partial charge in [0.15, 0.2) is 0 Å². The lowest BCUT2D eigenvalue weighted by Gasteiger charge is -2.07. The Morgan fingerprint density at radius 3 is 3.00 bits per heavy atom. The molecule has 17 heavy (non-hydrogen) atoms. The average molecular weight is 269 g/mol. The van der Waals surface area contributed by atoms with Crippen LogP contribution in [0.4, 0.5) is 5.69 Å². The Morgan fingerprint density at radius 2 is 2.35 bits per heavy atom. The van der Waals surface area contributed by atoms with Gasteiger partial charge in [0.05, 0.1) is 5.02 Å². The number of nitrogen functional groups attached to an aromatic ring is 1. The predicted octanol–water partition coefficient (Wildman–Crippen LogP) is 2.74. The Balaban J connectivity index is 2.10. The largest absolute Gasteiger partial charge is 0.455 e. The second kappa shape index (κ2) is 5.16. The van der Waals surface area contributed by atoms with E-state index in [1.807, 2.05) is 5.38 Å². The van der Waals surface area contributed by atoms with Crippen molar-refractivity contribution < 1.29 is 9.53 Å². The molecule has 1 aromatic carbocycles. The second-order valence-electron chi connectivity index (χ2n) is 3.21. The molecule has 6 heteroatoms. The van der Waals surface area contributed by atoms with Gasteiger partial charge in [0.1, 0.15) is 17.2 Å². The fourth-order valence-corrected chi connectivity index (χ4v) is 2.07. The summed E-state index contributed by atoms with van der Waals surface area (Å²) in [5.41, 5.74) is 6.18. The minimum absolute atomic E-state index is 0.126. The van der Waals surface area contributed by atoms with Crippen molar-refractivity contribution in [3.63, 3.8) is 0 Å². The lowest BCUT2D eigenvalue weighted by molar-refractivity contribution is 0.0474. The third kappa shape index (κ3) is 2.75. The van der Waals surface area contributed by atoms with E-state index in [-0.39, 0.29) is 17.2 Å². The van der Waals surface area contributed by atoms with E-state index in [9.17, 15) is 4.79 Å². The van der Waals surface area contributed by atoms with Crippen LogP contribution in [0, 0.1) is 0 Å². The lowest BCUT2D eigenvalue weighted by Crippen LogP contribution is -2.08. The van der Waals surface area contributed by atoms with Gasteiger partial charge in [-0.15, -0.1) is 11.3 Å². The van der Waals surface area contributed by atoms with Crippen LogP contribution in [0.15, 0.2) is 29.8 Å². The highest BCUT2D eigenvalue weighted by molar-refractivity contribution is 7.09. The summed E-state index contributed by atoms with van der Waals surface area (Å²) in [6.07, 6.45) is 1.65. The summed E-state index contributed by atoms with van der Waals surface area (Å²) in [6, 6.07) is 4.87. The van der Waals surface area contributed by atoms with Gasteiger partial charge in [-0.1, -0.05) is 17.7 Å². The van der Waals surface area contributed by atoms with Gasteiger partial charge >= 0.3 is 5.97 Å². The molecule has 0 spiro atoms. The Hall–Kier alpha value is -1.59. The van der Waals surface area contributed by atoms with Gasteiger partial charge in [-0.2, -0.15) is 0 Å². The van der Waals surface area contributed by atoms with E-state index in [1.54, 1.807) is 24.4 Å². The first-order valence-electron chi connectivity index (χ1n) is 4.78. The Morgan fingerprint density at radius 1 is 1.53 bits per heavy atom. The number of carbonyl (C=O) groups excluding carboxylic acids is 1. The van der Waals surface area contributed by atoms with E-state index < -0.39 is 5.97 Å². The molecule has 0 fully saturated rings. The van der Waals surface area contributed by atoms with E-state index in [4.69, 9.17) is 22.1 Å². The molecule has 0 aliphatic carbocycles. The lowest BCUT2D eigenvalue weighted by atomic mass is 10.2. The summed E-state index contributed by atoms with van der Waals surface area (Å²) in [7, 11) is 0. The molecule has 1 aromatic heterocycles. The number of nitrogens with zero attached hydrogens (tertiary/aromatic N) is 1. The molecule has 0 radical (unpaired) electrons. The molecule has 0 saturated heterocycles. The first-order chi connectivity index (χ1) is 8.18. The summed E-state index contributed by atoms with van der Waals surface area (Å²) in [5.74, 6) is -0.539. The van der Waals surface area contributed by atoms with Crippen molar-refractivity contribution in [2.45, 2.75) is 6.61 Å². The quantitative estimate of drug-likeness (QED) is 0.687. The Kier molecular flexibility index (Phi) is 3.61. The molecule has 0 unspecified atom stereocenters. The van der Waals surface area contributed by atoms with Crippen LogP contribution >= 0.6 is 22.9 Å². The number of hydrogen-bond acceptors (Lipinski definition) is 5. The monoisotopic (exact) mass is 268 g/mol. The van der Waals surface area contributed by atoms with Crippen molar-refractivity contribution in [1.82, 2.24) is 4.98 Å². The third-order valence-electron chi connectivity index (χ3n) is 2.06. The maximum absolute atomic E-state index is 11.8. The molecule has 2 aromatic rings. The molecular weight excluding hydrogens is 260 g/mol. The van der Waals surface area contributed by atoms with Crippen molar-refractivity contribution in [3.8, 4) is 0 Å². The molecule has 88 valence electrons. The second-order valence-corrected chi connectivity index (χ2v) is 4.59. The van der Waals surface area contributed by atoms with Crippen molar-refractivity contribution in [2.75, 3.05) is 5.73 Å². The molecule has 2 N–H and O–H groups in total. The normalized spacial score (nSPS) is 10.2. The number of nitrogens with two attached hydrogens (primary N) is 1. The van der Waals surface area contributed by atoms with Crippen LogP contribution in [0.25, 0.3) is 0 Å². The van der Waals surface area contributed by atoms with E-state index in [1.165, 1.54) is 11.3 Å². The van der Waals surface area contributed by atoms with Gasteiger partial charge in [-0.25, -0.2) is 9.78 Å². The van der Waals surface area contributed by atoms with Crippen molar-refractivity contribution >= 4 is 34.6 Å². The summed E-state index contributed by atoms with van der Waals surface area (Å²) in [6.45, 7) is 0.126. The highest BCUT2D eigenvalue weighted by Crippen LogP contribution is 2.23. The standard InChI is InChI=1S/C11H9ClN2O2S/c12-7-2-1-3-8(13)10(7)11(15)16-6-9-14-4-5-17-9/h1-5H,6,13H2. The zero-order valence-corrected chi connectivity index (χ0v) is 10.3. The molecule has 0 amide bonds. The van der Waals surface area contributed by atoms with Gasteiger partial charge in [-0.05, 0) is 12.1 Å². The number of hydrogen-bond donors (Lipinski definition) is 1. The smallest absolute Gasteiger partial charge is 0.342 e. The van der Waals surface area contributed by atoms with Gasteiger partial charge in [0.25, 0.3) is 0 Å². The molecule has 0 saturated carbocycles. The highest BCUT2D eigenvalue weighted by atomic mass is 35.5. The van der Waals surface area contributed by atoms with Crippen LogP contribution in [0.1, 0.15) is 15.4 Å². The molecule has 0 aliphatic rings. The first-order valence-corrected chi connectivity index (χ1v) is 6.03.